The first-order valence-corrected chi connectivity index (χ1v) is 7.41. The van der Waals surface area contributed by atoms with Crippen molar-refractivity contribution in [2.45, 2.75) is 20.3 Å². The van der Waals surface area contributed by atoms with Crippen LogP contribution in [0.15, 0.2) is 24.3 Å². The van der Waals surface area contributed by atoms with E-state index < -0.39 is 0 Å². The maximum absolute atomic E-state index is 9.39. The van der Waals surface area contributed by atoms with Gasteiger partial charge >= 0.3 is 0 Å². The van der Waals surface area contributed by atoms with Crippen molar-refractivity contribution in [3.63, 3.8) is 0 Å². The van der Waals surface area contributed by atoms with E-state index >= 15 is 0 Å². The summed E-state index contributed by atoms with van der Waals surface area (Å²) in [4.78, 5) is 4.53. The monoisotopic (exact) mass is 368 g/mol. The number of hydrogen-bond donors (Lipinski definition) is 2. The van der Waals surface area contributed by atoms with Gasteiger partial charge < -0.3 is 10.5 Å². The van der Waals surface area contributed by atoms with Gasteiger partial charge in [0, 0.05) is 31.8 Å². The smallest absolute Gasteiger partial charge is 0.0722 e. The van der Waals surface area contributed by atoms with Gasteiger partial charge in [-0.2, -0.15) is 0 Å². The number of fused-ring (bicyclic) bond motifs is 1. The molecule has 1 heterocycles. The van der Waals surface area contributed by atoms with Crippen molar-refractivity contribution in [1.82, 2.24) is 4.98 Å². The van der Waals surface area contributed by atoms with Crippen molar-refractivity contribution in [3.8, 4) is 0 Å². The first kappa shape index (κ1) is 14.4. The highest BCUT2D eigenvalue weighted by atomic mass is 127. The van der Waals surface area contributed by atoms with Crippen LogP contribution >= 0.6 is 22.6 Å². The first-order chi connectivity index (χ1) is 9.06. The lowest BCUT2D eigenvalue weighted by atomic mass is 9.92. The number of aryl methyl sites for hydroxylation is 1. The summed E-state index contributed by atoms with van der Waals surface area (Å²) in [6.45, 7) is 3.95. The third-order valence-electron chi connectivity index (χ3n) is 3.31. The minimum atomic E-state index is -0.107. The molecule has 0 bridgehead atoms. The molecular weight excluding hydrogens is 351 g/mol. The van der Waals surface area contributed by atoms with Crippen molar-refractivity contribution in [1.29, 1.82) is 5.41 Å². The van der Waals surface area contributed by atoms with Gasteiger partial charge in [0.2, 0.25) is 0 Å². The predicted octanol–water partition coefficient (Wildman–Crippen LogP) is 3.53. The van der Waals surface area contributed by atoms with Crippen LogP contribution in [0.4, 0.5) is 0 Å². The van der Waals surface area contributed by atoms with Crippen molar-refractivity contribution in [2.24, 2.45) is 5.92 Å². The third kappa shape index (κ3) is 2.95. The third-order valence-corrected chi connectivity index (χ3v) is 3.98. The number of aliphatic hydroxyl groups excluding tert-OH is 1. The number of pyridine rings is 1. The molecule has 3 nitrogen and oxygen atoms in total. The molecule has 0 aliphatic carbocycles. The van der Waals surface area contributed by atoms with Crippen LogP contribution in [0.5, 0.6) is 0 Å². The fourth-order valence-electron chi connectivity index (χ4n) is 2.20. The molecule has 0 aliphatic heterocycles. The van der Waals surface area contributed by atoms with E-state index in [0.717, 1.165) is 32.2 Å². The Morgan fingerprint density at radius 2 is 2.16 bits per heavy atom. The fourth-order valence-corrected chi connectivity index (χ4v) is 2.68. The van der Waals surface area contributed by atoms with Gasteiger partial charge in [0.15, 0.2) is 0 Å². The van der Waals surface area contributed by atoms with Crippen LogP contribution in [0.25, 0.3) is 10.9 Å². The quantitative estimate of drug-likeness (QED) is 0.641. The molecule has 1 aromatic carbocycles. The van der Waals surface area contributed by atoms with Gasteiger partial charge in [0.05, 0.1) is 12.1 Å². The van der Waals surface area contributed by atoms with E-state index in [-0.39, 0.29) is 12.5 Å². The minimum absolute atomic E-state index is 0.0164. The van der Waals surface area contributed by atoms with Gasteiger partial charge in [0.1, 0.15) is 0 Å². The highest BCUT2D eigenvalue weighted by Crippen LogP contribution is 2.24. The molecule has 0 saturated carbocycles. The fraction of sp³-hybridized carbons (Fsp3) is 0.333. The molecule has 100 valence electrons. The van der Waals surface area contributed by atoms with Crippen molar-refractivity contribution in [2.75, 3.05) is 6.61 Å². The largest absolute Gasteiger partial charge is 0.396 e. The summed E-state index contributed by atoms with van der Waals surface area (Å²) < 4.78 is 1.13. The standard InChI is InChI=1S/C15H17IN2O/c1-3-10(8-19)15(17)13-6-9(2)18-14-7-11(16)4-5-12(13)14/h4-7,10,17,19H,3,8H2,1-2H3/t10-/m1/s1. The first-order valence-electron chi connectivity index (χ1n) is 6.33. The average molecular weight is 368 g/mol. The second kappa shape index (κ2) is 5.96. The molecule has 1 atom stereocenters. The lowest BCUT2D eigenvalue weighted by Crippen LogP contribution is -2.18. The van der Waals surface area contributed by atoms with E-state index in [1.165, 1.54) is 0 Å². The Labute approximate surface area is 126 Å². The Kier molecular flexibility index (Phi) is 4.52. The average Bonchev–Trinajstić information content (AvgIpc) is 2.38. The maximum atomic E-state index is 9.39. The molecule has 0 saturated heterocycles. The Balaban J connectivity index is 2.62. The Morgan fingerprint density at radius 1 is 1.42 bits per heavy atom. The van der Waals surface area contributed by atoms with Crippen LogP contribution in [0.2, 0.25) is 0 Å². The zero-order valence-corrected chi connectivity index (χ0v) is 13.2. The van der Waals surface area contributed by atoms with Crippen LogP contribution in [-0.2, 0) is 0 Å². The zero-order chi connectivity index (χ0) is 14.0. The van der Waals surface area contributed by atoms with Crippen molar-refractivity contribution < 1.29 is 5.11 Å². The minimum Gasteiger partial charge on any atom is -0.396 e. The lowest BCUT2D eigenvalue weighted by Gasteiger charge is -2.16. The summed E-state index contributed by atoms with van der Waals surface area (Å²) in [7, 11) is 0. The van der Waals surface area contributed by atoms with Crippen LogP contribution in [0.3, 0.4) is 0 Å². The molecule has 0 fully saturated rings. The summed E-state index contributed by atoms with van der Waals surface area (Å²) in [6, 6.07) is 8.00. The number of aromatic nitrogens is 1. The van der Waals surface area contributed by atoms with E-state index in [1.54, 1.807) is 0 Å². The Morgan fingerprint density at radius 3 is 2.79 bits per heavy atom. The van der Waals surface area contributed by atoms with Crippen molar-refractivity contribution >= 4 is 39.2 Å². The normalized spacial score (nSPS) is 12.6. The molecule has 4 heteroatoms. The lowest BCUT2D eigenvalue weighted by molar-refractivity contribution is 0.258. The van der Waals surface area contributed by atoms with Gasteiger partial charge in [-0.15, -0.1) is 0 Å². The second-order valence-electron chi connectivity index (χ2n) is 4.67. The molecule has 2 aromatic rings. The SMILES string of the molecule is CC[C@H](CO)C(=N)c1cc(C)nc2cc(I)ccc12. The number of nitrogens with one attached hydrogen (secondary N) is 1. The van der Waals surface area contributed by atoms with Gasteiger partial charge in [-0.1, -0.05) is 13.0 Å². The Bertz CT molecular complexity index is 616. The molecule has 2 rings (SSSR count). The van der Waals surface area contributed by atoms with E-state index in [9.17, 15) is 5.11 Å². The number of hydrogen-bond acceptors (Lipinski definition) is 3. The highest BCUT2D eigenvalue weighted by Gasteiger charge is 2.16. The van der Waals surface area contributed by atoms with Crippen LogP contribution in [0, 0.1) is 21.8 Å². The second-order valence-corrected chi connectivity index (χ2v) is 5.92. The predicted molar refractivity (Wildman–Crippen MR) is 86.9 cm³/mol. The number of nitrogens with zero attached hydrogens (tertiary/aromatic N) is 1. The number of benzene rings is 1. The molecule has 1 aromatic heterocycles. The molecule has 0 aliphatic rings. The number of rotatable bonds is 4. The van der Waals surface area contributed by atoms with Crippen molar-refractivity contribution in [3.05, 3.63) is 39.1 Å². The van der Waals surface area contributed by atoms with Crippen LogP contribution in [-0.4, -0.2) is 22.4 Å². The zero-order valence-electron chi connectivity index (χ0n) is 11.1. The van der Waals surface area contributed by atoms with Gasteiger partial charge in [-0.25, -0.2) is 0 Å². The van der Waals surface area contributed by atoms with E-state index in [4.69, 9.17) is 5.41 Å². The van der Waals surface area contributed by atoms with Crippen LogP contribution < -0.4 is 0 Å². The number of halogens is 1. The van der Waals surface area contributed by atoms with E-state index in [0.29, 0.717) is 5.71 Å². The summed E-state index contributed by atoms with van der Waals surface area (Å²) in [5.41, 5.74) is 3.21. The molecule has 19 heavy (non-hydrogen) atoms. The van der Waals surface area contributed by atoms with Crippen LogP contribution in [0.1, 0.15) is 24.6 Å². The van der Waals surface area contributed by atoms with Gasteiger partial charge in [-0.3, -0.25) is 4.98 Å². The number of aliphatic hydroxyl groups is 1. The summed E-state index contributed by atoms with van der Waals surface area (Å²) in [5.74, 6) is -0.107. The summed E-state index contributed by atoms with van der Waals surface area (Å²) in [5, 5.41) is 18.7. The molecule has 0 amide bonds. The van der Waals surface area contributed by atoms with Gasteiger partial charge in [-0.05, 0) is 54.1 Å². The summed E-state index contributed by atoms with van der Waals surface area (Å²) >= 11 is 2.26. The summed E-state index contributed by atoms with van der Waals surface area (Å²) in [6.07, 6.45) is 0.766. The highest BCUT2D eigenvalue weighted by molar-refractivity contribution is 14.1. The molecular formula is C15H17IN2O. The topological polar surface area (TPSA) is 57.0 Å². The molecule has 0 unspecified atom stereocenters. The maximum Gasteiger partial charge on any atom is 0.0722 e. The van der Waals surface area contributed by atoms with E-state index in [1.807, 2.05) is 38.1 Å². The van der Waals surface area contributed by atoms with E-state index in [2.05, 4.69) is 27.6 Å². The molecule has 0 spiro atoms. The Hall–Kier alpha value is -1.01. The molecule has 2 N–H and O–H groups in total. The van der Waals surface area contributed by atoms with Gasteiger partial charge in [0.25, 0.3) is 0 Å². The molecule has 0 radical (unpaired) electrons.